The van der Waals surface area contributed by atoms with Gasteiger partial charge in [-0.25, -0.2) is 0 Å². The van der Waals surface area contributed by atoms with Crippen LogP contribution in [-0.2, 0) is 4.79 Å². The number of carbonyl (C=O) groups is 2. The highest BCUT2D eigenvalue weighted by Crippen LogP contribution is 2.26. The number of rotatable bonds is 6. The quantitative estimate of drug-likeness (QED) is 0.817. The van der Waals surface area contributed by atoms with Gasteiger partial charge in [0.05, 0.1) is 18.6 Å². The van der Waals surface area contributed by atoms with Crippen molar-refractivity contribution in [2.24, 2.45) is 0 Å². The highest BCUT2D eigenvalue weighted by Gasteiger charge is 2.10. The molecule has 0 heterocycles. The van der Waals surface area contributed by atoms with Crippen LogP contribution in [0, 0.1) is 6.92 Å². The summed E-state index contributed by atoms with van der Waals surface area (Å²) in [6.07, 6.45) is 1.02. The molecule has 0 fully saturated rings. The zero-order valence-corrected chi connectivity index (χ0v) is 12.9. The molecule has 4 nitrogen and oxygen atoms in total. The molecule has 1 rings (SSSR count). The van der Waals surface area contributed by atoms with Crippen molar-refractivity contribution in [3.63, 3.8) is 0 Å². The Balaban J connectivity index is 2.63. The van der Waals surface area contributed by atoms with Crippen LogP contribution in [0.15, 0.2) is 16.6 Å². The summed E-state index contributed by atoms with van der Waals surface area (Å²) >= 11 is 3.33. The molecule has 0 aliphatic carbocycles. The molecule has 0 spiro atoms. The second kappa shape index (κ2) is 7.28. The van der Waals surface area contributed by atoms with Gasteiger partial charge in [-0.05, 0) is 38.5 Å². The van der Waals surface area contributed by atoms with Crippen molar-refractivity contribution in [1.82, 2.24) is 5.32 Å². The van der Waals surface area contributed by atoms with Crippen molar-refractivity contribution in [3.05, 3.63) is 27.7 Å². The average Bonchev–Trinajstić information content (AvgIpc) is 2.30. The molecule has 1 N–H and O–H groups in total. The highest BCUT2D eigenvalue weighted by molar-refractivity contribution is 9.10. The number of halogens is 1. The van der Waals surface area contributed by atoms with Gasteiger partial charge in [-0.1, -0.05) is 15.9 Å². The number of carbonyl (C=O) groups excluding carboxylic acids is 2. The molecule has 0 unspecified atom stereocenters. The minimum Gasteiger partial charge on any atom is -0.492 e. The van der Waals surface area contributed by atoms with E-state index in [9.17, 15) is 9.59 Å². The number of nitrogens with one attached hydrogen (secondary N) is 1. The van der Waals surface area contributed by atoms with Gasteiger partial charge in [0.1, 0.15) is 5.75 Å². The number of benzene rings is 1. The van der Waals surface area contributed by atoms with E-state index >= 15 is 0 Å². The van der Waals surface area contributed by atoms with Gasteiger partial charge in [0.2, 0.25) is 5.91 Å². The first-order valence-electron chi connectivity index (χ1n) is 6.11. The summed E-state index contributed by atoms with van der Waals surface area (Å²) in [4.78, 5) is 22.5. The first-order valence-corrected chi connectivity index (χ1v) is 6.90. The van der Waals surface area contributed by atoms with E-state index < -0.39 is 0 Å². The number of hydrogen-bond donors (Lipinski definition) is 1. The van der Waals surface area contributed by atoms with Crippen LogP contribution < -0.4 is 10.1 Å². The molecule has 0 aliphatic rings. The maximum absolute atomic E-state index is 11.5. The molecule has 1 aromatic carbocycles. The fraction of sp³-hybridized carbons (Fsp3) is 0.429. The van der Waals surface area contributed by atoms with E-state index in [1.54, 1.807) is 6.07 Å². The fourth-order valence-corrected chi connectivity index (χ4v) is 2.27. The fourth-order valence-electron chi connectivity index (χ4n) is 1.68. The molecular formula is C14H18BrNO3. The van der Waals surface area contributed by atoms with Gasteiger partial charge in [-0.3, -0.25) is 9.59 Å². The lowest BCUT2D eigenvalue weighted by Crippen LogP contribution is -2.31. The predicted octanol–water partition coefficient (Wildman–Crippen LogP) is 2.86. The van der Waals surface area contributed by atoms with Crippen LogP contribution in [-0.4, -0.2) is 24.8 Å². The molecule has 104 valence electrons. The number of aryl methyl sites for hydroxylation is 1. The topological polar surface area (TPSA) is 55.4 Å². The van der Waals surface area contributed by atoms with Crippen molar-refractivity contribution in [1.29, 1.82) is 0 Å². The smallest absolute Gasteiger partial charge is 0.223 e. The van der Waals surface area contributed by atoms with Crippen molar-refractivity contribution >= 4 is 28.1 Å². The Hall–Kier alpha value is -1.36. The van der Waals surface area contributed by atoms with E-state index in [4.69, 9.17) is 4.74 Å². The third-order valence-corrected chi connectivity index (χ3v) is 2.88. The van der Waals surface area contributed by atoms with Gasteiger partial charge in [0, 0.05) is 10.5 Å². The monoisotopic (exact) mass is 327 g/mol. The molecule has 0 aliphatic heterocycles. The maximum atomic E-state index is 11.5. The zero-order chi connectivity index (χ0) is 14.4. The lowest BCUT2D eigenvalue weighted by molar-refractivity contribution is -0.122. The van der Waals surface area contributed by atoms with E-state index in [2.05, 4.69) is 21.2 Å². The van der Waals surface area contributed by atoms with Crippen molar-refractivity contribution in [2.75, 3.05) is 6.61 Å². The summed E-state index contributed by atoms with van der Waals surface area (Å²) in [5, 5.41) is 2.79. The molecule has 0 saturated heterocycles. The van der Waals surface area contributed by atoms with Crippen LogP contribution in [0.5, 0.6) is 5.75 Å². The molecule has 1 aromatic rings. The average molecular weight is 328 g/mol. The molecule has 0 bridgehead atoms. The third kappa shape index (κ3) is 5.03. The zero-order valence-electron chi connectivity index (χ0n) is 11.3. The Morgan fingerprint density at radius 2 is 2.16 bits per heavy atom. The number of ether oxygens (including phenoxy) is 1. The van der Waals surface area contributed by atoms with Crippen LogP contribution in [0.25, 0.3) is 0 Å². The Bertz CT molecular complexity index is 472. The van der Waals surface area contributed by atoms with Gasteiger partial charge in [-0.2, -0.15) is 0 Å². The van der Waals surface area contributed by atoms with Crippen LogP contribution in [0.4, 0.5) is 0 Å². The maximum Gasteiger partial charge on any atom is 0.223 e. The Kier molecular flexibility index (Phi) is 6.02. The largest absolute Gasteiger partial charge is 0.492 e. The molecule has 0 atom stereocenters. The number of hydrogen-bond acceptors (Lipinski definition) is 3. The van der Waals surface area contributed by atoms with E-state index in [1.165, 1.54) is 0 Å². The van der Waals surface area contributed by atoms with Crippen LogP contribution in [0.2, 0.25) is 0 Å². The summed E-state index contributed by atoms with van der Waals surface area (Å²) in [5.74, 6) is 0.480. The molecule has 1 amide bonds. The lowest BCUT2D eigenvalue weighted by atomic mass is 10.1. The molecule has 0 radical (unpaired) electrons. The third-order valence-electron chi connectivity index (χ3n) is 2.42. The second-order valence-corrected chi connectivity index (χ2v) is 5.50. The summed E-state index contributed by atoms with van der Waals surface area (Å²) in [6.45, 7) is 5.92. The summed E-state index contributed by atoms with van der Waals surface area (Å²) < 4.78 is 6.38. The van der Waals surface area contributed by atoms with Gasteiger partial charge >= 0.3 is 0 Å². The molecule has 19 heavy (non-hydrogen) atoms. The Labute approximate surface area is 121 Å². The van der Waals surface area contributed by atoms with Crippen LogP contribution >= 0.6 is 15.9 Å². The summed E-state index contributed by atoms with van der Waals surface area (Å²) in [5.41, 5.74) is 1.34. The molecule has 0 saturated carbocycles. The van der Waals surface area contributed by atoms with E-state index in [0.29, 0.717) is 11.3 Å². The molecular weight excluding hydrogens is 310 g/mol. The van der Waals surface area contributed by atoms with Gasteiger partial charge < -0.3 is 10.1 Å². The molecule has 0 aromatic heterocycles. The first-order chi connectivity index (χ1) is 8.93. The van der Waals surface area contributed by atoms with Crippen LogP contribution in [0.3, 0.4) is 0 Å². The normalized spacial score (nSPS) is 10.4. The SMILES string of the molecule is Cc1cc(Br)cc(C=O)c1OCCC(=O)NC(C)C. The Morgan fingerprint density at radius 1 is 1.47 bits per heavy atom. The highest BCUT2D eigenvalue weighted by atomic mass is 79.9. The predicted molar refractivity (Wildman–Crippen MR) is 77.7 cm³/mol. The minimum atomic E-state index is -0.0579. The van der Waals surface area contributed by atoms with E-state index in [1.807, 2.05) is 26.8 Å². The van der Waals surface area contributed by atoms with E-state index in [0.717, 1.165) is 16.3 Å². The van der Waals surface area contributed by atoms with Crippen LogP contribution in [0.1, 0.15) is 36.2 Å². The number of aldehydes is 1. The van der Waals surface area contributed by atoms with Crippen molar-refractivity contribution in [2.45, 2.75) is 33.2 Å². The second-order valence-electron chi connectivity index (χ2n) is 4.58. The minimum absolute atomic E-state index is 0.0579. The van der Waals surface area contributed by atoms with E-state index in [-0.39, 0.29) is 25.0 Å². The van der Waals surface area contributed by atoms with Gasteiger partial charge in [-0.15, -0.1) is 0 Å². The summed E-state index contributed by atoms with van der Waals surface area (Å²) in [7, 11) is 0. The van der Waals surface area contributed by atoms with Gasteiger partial charge in [0.15, 0.2) is 6.29 Å². The summed E-state index contributed by atoms with van der Waals surface area (Å²) in [6, 6.07) is 3.69. The number of amides is 1. The lowest BCUT2D eigenvalue weighted by Gasteiger charge is -2.13. The molecule has 5 heteroatoms. The van der Waals surface area contributed by atoms with Crippen molar-refractivity contribution in [3.8, 4) is 5.75 Å². The standard InChI is InChI=1S/C14H18BrNO3/c1-9(2)16-13(18)4-5-19-14-10(3)6-12(15)7-11(14)8-17/h6-9H,4-5H2,1-3H3,(H,16,18). The van der Waals surface area contributed by atoms with Crippen molar-refractivity contribution < 1.29 is 14.3 Å². The van der Waals surface area contributed by atoms with Gasteiger partial charge in [0.25, 0.3) is 0 Å². The Morgan fingerprint density at radius 3 is 2.74 bits per heavy atom. The first kappa shape index (κ1) is 15.7.